The molecule has 0 saturated carbocycles. The van der Waals surface area contributed by atoms with Gasteiger partial charge in [-0.2, -0.15) is 0 Å². The first kappa shape index (κ1) is 27.5. The number of pyridine rings is 1. The summed E-state index contributed by atoms with van der Waals surface area (Å²) >= 11 is 0. The van der Waals surface area contributed by atoms with Gasteiger partial charge in [-0.05, 0) is 67.4 Å². The van der Waals surface area contributed by atoms with Crippen LogP contribution in [0.15, 0.2) is 78.6 Å². The third kappa shape index (κ3) is 4.88. The Labute approximate surface area is 248 Å². The van der Waals surface area contributed by atoms with E-state index in [0.29, 0.717) is 6.54 Å². The number of benzene rings is 2. The molecule has 216 valence electrons. The number of likely N-dealkylation sites (N-methyl/N-ethyl adjacent to an activating group) is 1. The molecule has 42 heavy (non-hydrogen) atoms. The molecule has 1 fully saturated rings. The molecule has 2 aliphatic heterocycles. The number of rotatable bonds is 6. The maximum atomic E-state index is 12.7. The van der Waals surface area contributed by atoms with Gasteiger partial charge in [-0.15, -0.1) is 0 Å². The van der Waals surface area contributed by atoms with E-state index in [2.05, 4.69) is 81.9 Å². The van der Waals surface area contributed by atoms with E-state index in [1.54, 1.807) is 13.2 Å². The SMILES string of the molecule is C=CC(=O)N1CCc2ccc(-c3c(-c4ccc(N5CCN(C)CC5)cc4)[nH]c4ncc(/C(=C/N)C(C)=NC)cc34)cc21.[HH]. The number of H-pyrrole nitrogens is 1. The van der Waals surface area contributed by atoms with Gasteiger partial charge in [0.15, 0.2) is 0 Å². The van der Waals surface area contributed by atoms with E-state index in [4.69, 9.17) is 10.7 Å². The van der Waals surface area contributed by atoms with Gasteiger partial charge in [-0.3, -0.25) is 9.79 Å². The van der Waals surface area contributed by atoms with Crippen molar-refractivity contribution in [2.45, 2.75) is 13.3 Å². The van der Waals surface area contributed by atoms with Gasteiger partial charge in [0.25, 0.3) is 0 Å². The normalized spacial score (nSPS) is 16.3. The Morgan fingerprint density at radius 3 is 2.50 bits per heavy atom. The number of aromatic nitrogens is 2. The van der Waals surface area contributed by atoms with Crippen molar-refractivity contribution in [3.8, 4) is 22.4 Å². The van der Waals surface area contributed by atoms with Crippen LogP contribution in [0.1, 0.15) is 19.5 Å². The molecule has 6 rings (SSSR count). The van der Waals surface area contributed by atoms with Crippen molar-refractivity contribution in [2.24, 2.45) is 10.7 Å². The van der Waals surface area contributed by atoms with E-state index in [1.165, 1.54) is 11.8 Å². The number of carbonyl (C=O) groups excluding carboxylic acids is 1. The largest absolute Gasteiger partial charge is 0.404 e. The number of nitrogens with one attached hydrogen (secondary N) is 1. The highest BCUT2D eigenvalue weighted by Crippen LogP contribution is 2.42. The molecule has 1 amide bonds. The fourth-order valence-electron chi connectivity index (χ4n) is 6.06. The fourth-order valence-corrected chi connectivity index (χ4v) is 6.06. The van der Waals surface area contributed by atoms with Crippen LogP contribution in [0.3, 0.4) is 0 Å². The second-order valence-corrected chi connectivity index (χ2v) is 11.0. The number of amides is 1. The highest BCUT2D eigenvalue weighted by atomic mass is 16.2. The minimum Gasteiger partial charge on any atom is -0.404 e. The Morgan fingerprint density at radius 2 is 1.81 bits per heavy atom. The quantitative estimate of drug-likeness (QED) is 0.244. The molecule has 3 N–H and O–H groups in total. The summed E-state index contributed by atoms with van der Waals surface area (Å²) < 4.78 is 0. The van der Waals surface area contributed by atoms with Crippen molar-refractivity contribution < 1.29 is 6.22 Å². The third-order valence-electron chi connectivity index (χ3n) is 8.59. The Balaban J connectivity index is 0.00000368. The number of aliphatic imine (C=N–C) groups is 1. The summed E-state index contributed by atoms with van der Waals surface area (Å²) in [5.41, 5.74) is 16.8. The van der Waals surface area contributed by atoms with E-state index < -0.39 is 0 Å². The molecule has 2 aliphatic rings. The van der Waals surface area contributed by atoms with E-state index in [0.717, 1.165) is 94.1 Å². The molecule has 1 saturated heterocycles. The van der Waals surface area contributed by atoms with Crippen LogP contribution < -0.4 is 15.5 Å². The van der Waals surface area contributed by atoms with Crippen LogP contribution in [0, 0.1) is 0 Å². The smallest absolute Gasteiger partial charge is 0.250 e. The van der Waals surface area contributed by atoms with Crippen molar-refractivity contribution in [1.82, 2.24) is 14.9 Å². The summed E-state index contributed by atoms with van der Waals surface area (Å²) in [4.78, 5) is 32.1. The number of nitrogens with two attached hydrogens (primary N) is 1. The monoisotopic (exact) mass is 561 g/mol. The number of nitrogens with zero attached hydrogens (tertiary/aromatic N) is 5. The van der Waals surface area contributed by atoms with Crippen LogP contribution in [-0.4, -0.2) is 73.3 Å². The molecule has 8 nitrogen and oxygen atoms in total. The molecule has 0 unspecified atom stereocenters. The van der Waals surface area contributed by atoms with Crippen molar-refractivity contribution in [1.29, 1.82) is 0 Å². The average Bonchev–Trinajstić information content (AvgIpc) is 3.62. The van der Waals surface area contributed by atoms with Crippen LogP contribution in [0.2, 0.25) is 0 Å². The lowest BCUT2D eigenvalue weighted by molar-refractivity contribution is -0.114. The molecule has 2 aromatic heterocycles. The van der Waals surface area contributed by atoms with Gasteiger partial charge in [0.05, 0.1) is 5.69 Å². The molecule has 0 spiro atoms. The van der Waals surface area contributed by atoms with Crippen molar-refractivity contribution in [2.75, 3.05) is 56.6 Å². The zero-order valence-corrected chi connectivity index (χ0v) is 24.5. The lowest BCUT2D eigenvalue weighted by Crippen LogP contribution is -2.44. The van der Waals surface area contributed by atoms with E-state index in [1.807, 2.05) is 18.0 Å². The Bertz CT molecular complexity index is 1730. The summed E-state index contributed by atoms with van der Waals surface area (Å²) in [5.74, 6) is -0.0828. The molecule has 0 aliphatic carbocycles. The zero-order valence-electron chi connectivity index (χ0n) is 24.5. The van der Waals surface area contributed by atoms with E-state index in [9.17, 15) is 4.79 Å². The molecular weight excluding hydrogens is 522 g/mol. The lowest BCUT2D eigenvalue weighted by Gasteiger charge is -2.34. The summed E-state index contributed by atoms with van der Waals surface area (Å²) in [6.45, 7) is 10.5. The van der Waals surface area contributed by atoms with E-state index in [-0.39, 0.29) is 7.33 Å². The molecule has 0 bridgehead atoms. The number of hydrogen-bond acceptors (Lipinski definition) is 6. The summed E-state index contributed by atoms with van der Waals surface area (Å²) in [5, 5.41) is 0.980. The van der Waals surface area contributed by atoms with Gasteiger partial charge in [0.2, 0.25) is 5.91 Å². The first-order chi connectivity index (χ1) is 20.4. The number of anilines is 2. The predicted molar refractivity (Wildman–Crippen MR) is 176 cm³/mol. The van der Waals surface area contributed by atoms with Gasteiger partial charge in [-0.1, -0.05) is 30.8 Å². The van der Waals surface area contributed by atoms with Crippen LogP contribution in [0.25, 0.3) is 39.0 Å². The average molecular weight is 562 g/mol. The molecular formula is C34H39N7O. The standard InChI is InChI=1S/C34H37N7O.H2/c1-5-31(42)41-13-12-23-6-7-25(19-30(23)41)32-28-18-26(29(20-35)22(2)36-3)21-37-34(28)38-33(32)24-8-10-27(11-9-24)40-16-14-39(4)15-17-40;/h5-11,18-21H,1,12-17,35H2,2-4H3,(H,37,38);1H/b29-20+,36-22?;. The first-order valence-electron chi connectivity index (χ1n) is 14.4. The number of carbonyl (C=O) groups is 1. The van der Waals surface area contributed by atoms with Gasteiger partial charge < -0.3 is 25.4 Å². The van der Waals surface area contributed by atoms with Crippen LogP contribution in [0.4, 0.5) is 11.4 Å². The molecule has 8 heteroatoms. The van der Waals surface area contributed by atoms with Gasteiger partial charge in [0, 0.05) is 92.8 Å². The molecule has 4 heterocycles. The second kappa shape index (κ2) is 11.3. The number of fused-ring (bicyclic) bond motifs is 2. The zero-order chi connectivity index (χ0) is 29.4. The van der Waals surface area contributed by atoms with Gasteiger partial charge in [0.1, 0.15) is 5.65 Å². The molecule has 4 aromatic rings. The maximum absolute atomic E-state index is 12.7. The van der Waals surface area contributed by atoms with Crippen LogP contribution >= 0.6 is 0 Å². The molecule has 0 radical (unpaired) electrons. The summed E-state index contributed by atoms with van der Waals surface area (Å²) in [6, 6.07) is 17.3. The first-order valence-corrected chi connectivity index (χ1v) is 14.4. The Morgan fingerprint density at radius 1 is 1.07 bits per heavy atom. The van der Waals surface area contributed by atoms with Crippen molar-refractivity contribution in [3.63, 3.8) is 0 Å². The van der Waals surface area contributed by atoms with Crippen LogP contribution in [0.5, 0.6) is 0 Å². The summed E-state index contributed by atoms with van der Waals surface area (Å²) in [7, 11) is 3.93. The van der Waals surface area contributed by atoms with E-state index >= 15 is 0 Å². The number of piperazine rings is 1. The lowest BCUT2D eigenvalue weighted by atomic mass is 9.95. The highest BCUT2D eigenvalue weighted by molar-refractivity contribution is 6.23. The van der Waals surface area contributed by atoms with Crippen molar-refractivity contribution in [3.05, 3.63) is 84.7 Å². The summed E-state index contributed by atoms with van der Waals surface area (Å²) in [6.07, 6.45) is 5.64. The number of allylic oxidation sites excluding steroid dienone is 1. The van der Waals surface area contributed by atoms with Crippen molar-refractivity contribution >= 4 is 39.6 Å². The Hall–Kier alpha value is -4.69. The predicted octanol–water partition coefficient (Wildman–Crippen LogP) is 5.36. The van der Waals surface area contributed by atoms with Gasteiger partial charge in [-0.25, -0.2) is 4.98 Å². The minimum atomic E-state index is -0.0828. The third-order valence-corrected chi connectivity index (χ3v) is 8.59. The topological polar surface area (TPSA) is 93.9 Å². The molecule has 0 atom stereocenters. The Kier molecular flexibility index (Phi) is 7.39. The van der Waals surface area contributed by atoms with Gasteiger partial charge >= 0.3 is 0 Å². The number of aromatic amines is 1. The minimum absolute atomic E-state index is 0. The second-order valence-electron chi connectivity index (χ2n) is 11.0. The molecule has 2 aromatic carbocycles. The highest BCUT2D eigenvalue weighted by Gasteiger charge is 2.25. The fraction of sp³-hybridized carbons (Fsp3) is 0.265. The maximum Gasteiger partial charge on any atom is 0.250 e. The van der Waals surface area contributed by atoms with Crippen LogP contribution in [-0.2, 0) is 11.2 Å². The number of hydrogen-bond donors (Lipinski definition) is 2.